The van der Waals surface area contributed by atoms with E-state index in [0.29, 0.717) is 17.2 Å². The molecule has 1 aromatic carbocycles. The SMILES string of the molecule is CNCCC1CCN(C(=O)Cc2cc(C(C)=O)ccc2OC)CC1. The van der Waals surface area contributed by atoms with Crippen LogP contribution in [0.5, 0.6) is 5.75 Å². The van der Waals surface area contributed by atoms with Crippen molar-refractivity contribution in [1.29, 1.82) is 0 Å². The smallest absolute Gasteiger partial charge is 0.227 e. The van der Waals surface area contributed by atoms with Crippen LogP contribution >= 0.6 is 0 Å². The molecule has 0 bridgehead atoms. The summed E-state index contributed by atoms with van der Waals surface area (Å²) in [6.07, 6.45) is 3.59. The Balaban J connectivity index is 1.97. The second kappa shape index (κ2) is 8.83. The highest BCUT2D eigenvalue weighted by Crippen LogP contribution is 2.24. The number of amides is 1. The zero-order chi connectivity index (χ0) is 17.5. The number of rotatable bonds is 7. The monoisotopic (exact) mass is 332 g/mol. The Hall–Kier alpha value is -1.88. The molecular formula is C19H28N2O3. The summed E-state index contributed by atoms with van der Waals surface area (Å²) in [5.41, 5.74) is 1.40. The average Bonchev–Trinajstić information content (AvgIpc) is 2.60. The highest BCUT2D eigenvalue weighted by molar-refractivity contribution is 5.94. The fourth-order valence-electron chi connectivity index (χ4n) is 3.23. The van der Waals surface area contributed by atoms with Crippen molar-refractivity contribution in [3.8, 4) is 5.75 Å². The van der Waals surface area contributed by atoms with Gasteiger partial charge in [0.15, 0.2) is 5.78 Å². The van der Waals surface area contributed by atoms with Crippen LogP contribution in [0.4, 0.5) is 0 Å². The molecule has 24 heavy (non-hydrogen) atoms. The minimum absolute atomic E-state index is 0.00306. The Bertz CT molecular complexity index is 578. The summed E-state index contributed by atoms with van der Waals surface area (Å²) in [7, 11) is 3.56. The van der Waals surface area contributed by atoms with Crippen LogP contribution in [-0.2, 0) is 11.2 Å². The van der Waals surface area contributed by atoms with Crippen LogP contribution in [0.2, 0.25) is 0 Å². The van der Waals surface area contributed by atoms with Gasteiger partial charge in [-0.15, -0.1) is 0 Å². The maximum Gasteiger partial charge on any atom is 0.227 e. The van der Waals surface area contributed by atoms with E-state index in [2.05, 4.69) is 5.32 Å². The van der Waals surface area contributed by atoms with Gasteiger partial charge in [0.25, 0.3) is 0 Å². The molecule has 1 heterocycles. The van der Waals surface area contributed by atoms with Crippen LogP contribution in [-0.4, -0.2) is 50.4 Å². The number of methoxy groups -OCH3 is 1. The minimum atomic E-state index is -0.00306. The number of Topliss-reactive ketones (excluding diaryl/α,β-unsaturated/α-hetero) is 1. The molecule has 0 spiro atoms. The Labute approximate surface area is 144 Å². The molecule has 1 N–H and O–H groups in total. The fraction of sp³-hybridized carbons (Fsp3) is 0.579. The molecular weight excluding hydrogens is 304 g/mol. The molecule has 0 aliphatic carbocycles. The van der Waals surface area contributed by atoms with E-state index in [4.69, 9.17) is 4.74 Å². The molecule has 1 aromatic rings. The Morgan fingerprint density at radius 1 is 1.29 bits per heavy atom. The van der Waals surface area contributed by atoms with Gasteiger partial charge in [-0.25, -0.2) is 0 Å². The second-order valence-electron chi connectivity index (χ2n) is 6.48. The molecule has 2 rings (SSSR count). The molecule has 0 aromatic heterocycles. The Morgan fingerprint density at radius 3 is 2.58 bits per heavy atom. The zero-order valence-electron chi connectivity index (χ0n) is 14.9. The molecule has 0 unspecified atom stereocenters. The van der Waals surface area contributed by atoms with Crippen molar-refractivity contribution in [3.63, 3.8) is 0 Å². The predicted molar refractivity (Wildman–Crippen MR) is 94.6 cm³/mol. The number of hydrogen-bond acceptors (Lipinski definition) is 4. The zero-order valence-corrected chi connectivity index (χ0v) is 14.9. The molecule has 5 heteroatoms. The lowest BCUT2D eigenvalue weighted by atomic mass is 9.93. The molecule has 132 valence electrons. The number of nitrogens with zero attached hydrogens (tertiary/aromatic N) is 1. The molecule has 1 saturated heterocycles. The van der Waals surface area contributed by atoms with E-state index in [0.717, 1.165) is 38.0 Å². The third-order valence-electron chi connectivity index (χ3n) is 4.80. The number of hydrogen-bond donors (Lipinski definition) is 1. The van der Waals surface area contributed by atoms with Crippen LogP contribution in [0, 0.1) is 5.92 Å². The number of piperidine rings is 1. The molecule has 0 saturated carbocycles. The van der Waals surface area contributed by atoms with Gasteiger partial charge in [0.05, 0.1) is 13.5 Å². The summed E-state index contributed by atoms with van der Waals surface area (Å²) in [5.74, 6) is 1.48. The molecule has 0 atom stereocenters. The summed E-state index contributed by atoms with van der Waals surface area (Å²) in [4.78, 5) is 26.1. The third-order valence-corrected chi connectivity index (χ3v) is 4.80. The predicted octanol–water partition coefficient (Wildman–Crippen LogP) is 2.29. The van der Waals surface area contributed by atoms with E-state index in [-0.39, 0.29) is 18.1 Å². The van der Waals surface area contributed by atoms with Crippen LogP contribution in [0.1, 0.15) is 42.1 Å². The second-order valence-corrected chi connectivity index (χ2v) is 6.48. The number of ether oxygens (including phenoxy) is 1. The number of ketones is 1. The van der Waals surface area contributed by atoms with Crippen molar-refractivity contribution in [2.24, 2.45) is 5.92 Å². The molecule has 0 radical (unpaired) electrons. The quantitative estimate of drug-likeness (QED) is 0.778. The van der Waals surface area contributed by atoms with Gasteiger partial charge in [-0.05, 0) is 63.9 Å². The number of carbonyl (C=O) groups is 2. The van der Waals surface area contributed by atoms with Crippen molar-refractivity contribution >= 4 is 11.7 Å². The standard InChI is InChI=1S/C19H28N2O3/c1-14(22)16-4-5-18(24-3)17(12-16)13-19(23)21-10-7-15(8-11-21)6-9-20-2/h4-5,12,15,20H,6-11,13H2,1-3H3. The van der Waals surface area contributed by atoms with Crippen molar-refractivity contribution in [3.05, 3.63) is 29.3 Å². The van der Waals surface area contributed by atoms with Gasteiger partial charge in [-0.2, -0.15) is 0 Å². The number of benzene rings is 1. The Kier molecular flexibility index (Phi) is 6.79. The summed E-state index contributed by atoms with van der Waals surface area (Å²) < 4.78 is 5.34. The van der Waals surface area contributed by atoms with E-state index in [1.54, 1.807) is 25.3 Å². The number of likely N-dealkylation sites (tertiary alicyclic amines) is 1. The van der Waals surface area contributed by atoms with Crippen molar-refractivity contribution in [1.82, 2.24) is 10.2 Å². The molecule has 1 aliphatic rings. The lowest BCUT2D eigenvalue weighted by Crippen LogP contribution is -2.39. The lowest BCUT2D eigenvalue weighted by Gasteiger charge is -2.32. The highest BCUT2D eigenvalue weighted by atomic mass is 16.5. The van der Waals surface area contributed by atoms with E-state index >= 15 is 0 Å². The molecule has 5 nitrogen and oxygen atoms in total. The first-order valence-electron chi connectivity index (χ1n) is 8.65. The first-order valence-corrected chi connectivity index (χ1v) is 8.65. The van der Waals surface area contributed by atoms with Gasteiger partial charge >= 0.3 is 0 Å². The Morgan fingerprint density at radius 2 is 2.00 bits per heavy atom. The lowest BCUT2D eigenvalue weighted by molar-refractivity contribution is -0.131. The third kappa shape index (κ3) is 4.81. The van der Waals surface area contributed by atoms with Crippen LogP contribution in [0.25, 0.3) is 0 Å². The summed E-state index contributed by atoms with van der Waals surface area (Å²) >= 11 is 0. The summed E-state index contributed by atoms with van der Waals surface area (Å²) in [6, 6.07) is 5.28. The normalized spacial score (nSPS) is 15.4. The van der Waals surface area contributed by atoms with Gasteiger partial charge < -0.3 is 15.0 Å². The van der Waals surface area contributed by atoms with Crippen LogP contribution in [0.15, 0.2) is 18.2 Å². The first kappa shape index (κ1) is 18.5. The van der Waals surface area contributed by atoms with Gasteiger partial charge in [-0.1, -0.05) is 0 Å². The van der Waals surface area contributed by atoms with Crippen molar-refractivity contribution in [2.45, 2.75) is 32.6 Å². The summed E-state index contributed by atoms with van der Waals surface area (Å²) in [6.45, 7) is 4.21. The number of nitrogens with one attached hydrogen (secondary N) is 1. The minimum Gasteiger partial charge on any atom is -0.496 e. The largest absolute Gasteiger partial charge is 0.496 e. The van der Waals surface area contributed by atoms with E-state index in [1.165, 1.54) is 13.3 Å². The first-order chi connectivity index (χ1) is 11.5. The van der Waals surface area contributed by atoms with Gasteiger partial charge in [0, 0.05) is 24.2 Å². The maximum atomic E-state index is 12.6. The maximum absolute atomic E-state index is 12.6. The number of carbonyl (C=O) groups excluding carboxylic acids is 2. The highest BCUT2D eigenvalue weighted by Gasteiger charge is 2.23. The van der Waals surface area contributed by atoms with Crippen molar-refractivity contribution in [2.75, 3.05) is 33.8 Å². The molecule has 1 aliphatic heterocycles. The van der Waals surface area contributed by atoms with E-state index in [1.807, 2.05) is 11.9 Å². The van der Waals surface area contributed by atoms with E-state index < -0.39 is 0 Å². The van der Waals surface area contributed by atoms with Gasteiger partial charge in [-0.3, -0.25) is 9.59 Å². The van der Waals surface area contributed by atoms with Crippen LogP contribution < -0.4 is 10.1 Å². The van der Waals surface area contributed by atoms with Crippen LogP contribution in [0.3, 0.4) is 0 Å². The molecule has 1 fully saturated rings. The molecule has 1 amide bonds. The van der Waals surface area contributed by atoms with Gasteiger partial charge in [0.1, 0.15) is 5.75 Å². The van der Waals surface area contributed by atoms with Crippen molar-refractivity contribution < 1.29 is 14.3 Å². The van der Waals surface area contributed by atoms with Gasteiger partial charge in [0.2, 0.25) is 5.91 Å². The average molecular weight is 332 g/mol. The fourth-order valence-corrected chi connectivity index (χ4v) is 3.23. The summed E-state index contributed by atoms with van der Waals surface area (Å²) in [5, 5.41) is 3.19. The topological polar surface area (TPSA) is 58.6 Å². The van der Waals surface area contributed by atoms with E-state index in [9.17, 15) is 9.59 Å².